The third-order valence-electron chi connectivity index (χ3n) is 4.55. The van der Waals surface area contributed by atoms with Gasteiger partial charge in [-0.25, -0.2) is 0 Å². The molecule has 0 fully saturated rings. The van der Waals surface area contributed by atoms with Crippen LogP contribution in [-0.4, -0.2) is 10.7 Å². The van der Waals surface area contributed by atoms with E-state index in [9.17, 15) is 6.48 Å². The summed E-state index contributed by atoms with van der Waals surface area (Å²) in [5.74, 6) is -4.08. The Hall–Kier alpha value is -1.44. The van der Waals surface area contributed by atoms with Gasteiger partial charge in [0.05, 0.1) is 1.37 Å². The van der Waals surface area contributed by atoms with E-state index < -0.39 is 23.8 Å². The number of aromatic hydroxyl groups is 1. The van der Waals surface area contributed by atoms with Crippen molar-refractivity contribution in [2.45, 2.75) is 77.7 Å². The van der Waals surface area contributed by atoms with Gasteiger partial charge in [-0.2, -0.15) is 0 Å². The van der Waals surface area contributed by atoms with Gasteiger partial charge in [-0.3, -0.25) is 0 Å². The fraction of sp³-hybridized carbons (Fsp3) is 0.619. The first-order valence-corrected chi connectivity index (χ1v) is 8.55. The molecule has 1 heterocycles. The normalized spacial score (nSPS) is 37.3. The molecule has 0 amide bonds. The van der Waals surface area contributed by atoms with E-state index in [1.807, 2.05) is 0 Å². The Bertz CT molecular complexity index is 832. The first-order chi connectivity index (χ1) is 12.8. The summed E-state index contributed by atoms with van der Waals surface area (Å²) in [5, 5.41) is 10.8. The third-order valence-corrected chi connectivity index (χ3v) is 4.55. The molecule has 23 heavy (non-hydrogen) atoms. The highest BCUT2D eigenvalue weighted by atomic mass is 16.5. The molecule has 2 heteroatoms. The van der Waals surface area contributed by atoms with Crippen molar-refractivity contribution in [1.82, 2.24) is 0 Å². The lowest BCUT2D eigenvalue weighted by Gasteiger charge is -2.46. The molecule has 2 atom stereocenters. The number of rotatable bonds is 4. The first kappa shape index (κ1) is 11.2. The van der Waals surface area contributed by atoms with Crippen molar-refractivity contribution in [3.8, 4) is 11.5 Å². The molecule has 126 valence electrons. The Morgan fingerprint density at radius 3 is 2.96 bits per heavy atom. The lowest BCUT2D eigenvalue weighted by molar-refractivity contribution is 0.0107. The van der Waals surface area contributed by atoms with E-state index in [2.05, 4.69) is 6.92 Å². The monoisotopic (exact) mass is 319 g/mol. The van der Waals surface area contributed by atoms with Crippen LogP contribution in [0.1, 0.15) is 83.6 Å². The van der Waals surface area contributed by atoms with Crippen LogP contribution in [0.5, 0.6) is 11.5 Å². The number of ether oxygens (including phenoxy) is 1. The molecular weight excluding hydrogens is 284 g/mol. The smallest absolute Gasteiger partial charge is 0.127 e. The van der Waals surface area contributed by atoms with Crippen LogP contribution >= 0.6 is 0 Å². The van der Waals surface area contributed by atoms with Crippen LogP contribution in [0.2, 0.25) is 0 Å². The van der Waals surface area contributed by atoms with E-state index in [1.54, 1.807) is 32.9 Å². The summed E-state index contributed by atoms with van der Waals surface area (Å²) in [4.78, 5) is 0. The molecule has 0 radical (unpaired) electrons. The van der Waals surface area contributed by atoms with Crippen molar-refractivity contribution >= 4 is 0 Å². The van der Waals surface area contributed by atoms with Crippen LogP contribution in [0, 0.1) is 5.89 Å². The minimum absolute atomic E-state index is 0.0361. The van der Waals surface area contributed by atoms with Gasteiger partial charge in [0.25, 0.3) is 0 Å². The Labute approximate surface area is 147 Å². The van der Waals surface area contributed by atoms with E-state index >= 15 is 0 Å². The molecule has 2 aliphatic rings. The van der Waals surface area contributed by atoms with Gasteiger partial charge in [0.15, 0.2) is 0 Å². The summed E-state index contributed by atoms with van der Waals surface area (Å²) in [5.41, 5.74) is -0.0215. The largest absolute Gasteiger partial charge is 0.507 e. The standard InChI is InChI=1S/C21H30O2/c1-5-6-7-8-15-12-18(22)20-16-11-14(2)9-10-17(16)21(3,4)23-19(20)13-15/h11-13,16-17,22H,5-10H2,1-4H3/t16-,17-/m1/s1/i10D2,11D,16D,17D. The number of aryl methyl sites for hydroxylation is 1. The summed E-state index contributed by atoms with van der Waals surface area (Å²) in [6.45, 7) is 6.97. The fourth-order valence-electron chi connectivity index (χ4n) is 3.37. The van der Waals surface area contributed by atoms with E-state index in [4.69, 9.17) is 10.2 Å². The molecule has 0 saturated carbocycles. The van der Waals surface area contributed by atoms with Crippen LogP contribution < -0.4 is 4.74 Å². The molecule has 0 saturated heterocycles. The fourth-order valence-corrected chi connectivity index (χ4v) is 3.37. The van der Waals surface area contributed by atoms with Crippen LogP contribution in [0.25, 0.3) is 0 Å². The first-order valence-electron chi connectivity index (χ1n) is 11.1. The molecule has 3 rings (SSSR count). The number of phenolic OH excluding ortho intramolecular Hbond substituents is 1. The minimum atomic E-state index is -2.10. The summed E-state index contributed by atoms with van der Waals surface area (Å²) in [6.07, 6.45) is 1.68. The molecule has 1 aliphatic carbocycles. The second-order valence-corrected chi connectivity index (χ2v) is 7.07. The van der Waals surface area contributed by atoms with Crippen molar-refractivity contribution in [1.29, 1.82) is 0 Å². The van der Waals surface area contributed by atoms with Gasteiger partial charge in [-0.1, -0.05) is 31.4 Å². The summed E-state index contributed by atoms with van der Waals surface area (Å²) in [6, 6.07) is 3.25. The predicted octanol–water partition coefficient (Wildman–Crippen LogP) is 5.74. The van der Waals surface area contributed by atoms with Crippen LogP contribution in [0.4, 0.5) is 0 Å². The third kappa shape index (κ3) is 3.13. The average molecular weight is 319 g/mol. The zero-order valence-corrected chi connectivity index (χ0v) is 14.5. The molecule has 1 aromatic rings. The highest BCUT2D eigenvalue weighted by Crippen LogP contribution is 2.53. The Morgan fingerprint density at radius 1 is 1.43 bits per heavy atom. The molecule has 0 spiro atoms. The van der Waals surface area contributed by atoms with Crippen LogP contribution in [0.15, 0.2) is 23.8 Å². The molecule has 0 bridgehead atoms. The highest BCUT2D eigenvalue weighted by Gasteiger charge is 2.45. The van der Waals surface area contributed by atoms with E-state index in [0.717, 1.165) is 31.2 Å². The lowest BCUT2D eigenvalue weighted by Crippen LogP contribution is -2.45. The quantitative estimate of drug-likeness (QED) is 0.567. The number of hydrogen-bond acceptors (Lipinski definition) is 2. The molecule has 1 aromatic carbocycles. The average Bonchev–Trinajstić information content (AvgIpc) is 2.56. The number of fused-ring (bicyclic) bond motifs is 3. The molecule has 2 nitrogen and oxygen atoms in total. The van der Waals surface area contributed by atoms with Crippen molar-refractivity contribution in [2.75, 3.05) is 0 Å². The van der Waals surface area contributed by atoms with Gasteiger partial charge in [0, 0.05) is 22.8 Å². The topological polar surface area (TPSA) is 29.5 Å². The zero-order chi connectivity index (χ0) is 21.1. The Kier molecular flexibility index (Phi) is 3.02. The van der Waals surface area contributed by atoms with Crippen molar-refractivity contribution in [3.05, 3.63) is 34.9 Å². The zero-order valence-electron chi connectivity index (χ0n) is 19.5. The van der Waals surface area contributed by atoms with Crippen molar-refractivity contribution in [3.63, 3.8) is 0 Å². The maximum atomic E-state index is 10.8. The molecule has 0 unspecified atom stereocenters. The van der Waals surface area contributed by atoms with Crippen LogP contribution in [0.3, 0.4) is 0 Å². The maximum absolute atomic E-state index is 10.8. The van der Waals surface area contributed by atoms with Gasteiger partial charge in [0.1, 0.15) is 17.1 Å². The number of unbranched alkanes of at least 4 members (excludes halogenated alkanes) is 2. The highest BCUT2D eigenvalue weighted by molar-refractivity contribution is 5.53. The summed E-state index contributed by atoms with van der Waals surface area (Å²) in [7, 11) is 0. The molecular formula is C21H30O2. The second-order valence-electron chi connectivity index (χ2n) is 7.07. The van der Waals surface area contributed by atoms with Gasteiger partial charge >= 0.3 is 0 Å². The molecule has 1 aliphatic heterocycles. The Balaban J connectivity index is 2.28. The molecule has 0 aromatic heterocycles. The minimum Gasteiger partial charge on any atom is -0.507 e. The summed E-state index contributed by atoms with van der Waals surface area (Å²) >= 11 is 0. The van der Waals surface area contributed by atoms with Gasteiger partial charge < -0.3 is 9.84 Å². The van der Waals surface area contributed by atoms with Crippen molar-refractivity contribution < 1.29 is 16.7 Å². The maximum Gasteiger partial charge on any atom is 0.127 e. The number of benzene rings is 1. The molecule has 1 N–H and O–H groups in total. The van der Waals surface area contributed by atoms with Crippen LogP contribution in [-0.2, 0) is 6.42 Å². The number of allylic oxidation sites excluding steroid dienone is 2. The van der Waals surface area contributed by atoms with Crippen molar-refractivity contribution in [2.24, 2.45) is 5.89 Å². The SMILES string of the molecule is [2H]C1=C(C)CC([2H])([2H])[C@@]2([2H])C(C)(C)Oc3cc(CCCCC)cc(O)c3[C@]12[2H]. The Morgan fingerprint density at radius 2 is 2.22 bits per heavy atom. The number of hydrogen-bond donors (Lipinski definition) is 1. The second kappa shape index (κ2) is 6.22. The van der Waals surface area contributed by atoms with Gasteiger partial charge in [-0.15, -0.1) is 0 Å². The van der Waals surface area contributed by atoms with E-state index in [0.29, 0.717) is 5.57 Å². The predicted molar refractivity (Wildman–Crippen MR) is 95.3 cm³/mol. The van der Waals surface area contributed by atoms with Gasteiger partial charge in [0.2, 0.25) is 0 Å². The lowest BCUT2D eigenvalue weighted by atomic mass is 9.68. The van der Waals surface area contributed by atoms with E-state index in [-0.39, 0.29) is 29.5 Å². The van der Waals surface area contributed by atoms with Gasteiger partial charge in [-0.05, 0) is 64.1 Å². The summed E-state index contributed by atoms with van der Waals surface area (Å²) < 4.78 is 50.4. The van der Waals surface area contributed by atoms with E-state index in [1.165, 1.54) is 0 Å². The number of phenols is 1.